The second-order valence-corrected chi connectivity index (χ2v) is 17.9. The molecule has 9 heteroatoms. The Morgan fingerprint density at radius 1 is 1.27 bits per heavy atom. The highest BCUT2D eigenvalue weighted by molar-refractivity contribution is 8.13. The fourth-order valence-corrected chi connectivity index (χ4v) is 9.42. The third kappa shape index (κ3) is 7.19. The van der Waals surface area contributed by atoms with E-state index in [1.165, 1.54) is 11.1 Å². The molecule has 7 nitrogen and oxygen atoms in total. The Morgan fingerprint density at radius 3 is 2.73 bits per heavy atom. The van der Waals surface area contributed by atoms with Crippen molar-refractivity contribution in [3.8, 4) is 11.8 Å². The monoisotopic (exact) mass is 704 g/mol. The quantitative estimate of drug-likeness (QED) is 0.190. The lowest BCUT2D eigenvalue weighted by molar-refractivity contribution is -0.110. The van der Waals surface area contributed by atoms with Gasteiger partial charge >= 0.3 is 0 Å². The van der Waals surface area contributed by atoms with Crippen LogP contribution < -0.4 is 14.4 Å². The summed E-state index contributed by atoms with van der Waals surface area (Å²) in [5.74, 6) is 5.60. The van der Waals surface area contributed by atoms with E-state index in [1.54, 1.807) is 0 Å². The van der Waals surface area contributed by atoms with Gasteiger partial charge in [-0.2, -0.15) is 5.26 Å². The van der Waals surface area contributed by atoms with Crippen molar-refractivity contribution in [2.24, 2.45) is 17.3 Å². The Balaban J connectivity index is 1.35. The molecule has 49 heavy (non-hydrogen) atoms. The van der Waals surface area contributed by atoms with Crippen molar-refractivity contribution in [2.45, 2.75) is 82.5 Å². The van der Waals surface area contributed by atoms with Gasteiger partial charge in [-0.15, -0.1) is 0 Å². The van der Waals surface area contributed by atoms with Crippen molar-refractivity contribution in [1.82, 2.24) is 9.62 Å². The van der Waals surface area contributed by atoms with Crippen LogP contribution in [0, 0.1) is 28.6 Å². The van der Waals surface area contributed by atoms with Gasteiger partial charge in [0.05, 0.1) is 23.8 Å². The first-order valence-electron chi connectivity index (χ1n) is 17.9. The summed E-state index contributed by atoms with van der Waals surface area (Å²) in [4.78, 5) is 18.4. The van der Waals surface area contributed by atoms with E-state index >= 15 is 0 Å². The molecule has 1 N–H and O–H groups in total. The van der Waals surface area contributed by atoms with E-state index < -0.39 is 16.3 Å². The summed E-state index contributed by atoms with van der Waals surface area (Å²) in [6.45, 7) is 12.9. The molecule has 2 aromatic carbocycles. The van der Waals surface area contributed by atoms with Crippen LogP contribution in [-0.4, -0.2) is 74.0 Å². The number of nitrogens with zero attached hydrogens (tertiary/aromatic N) is 3. The predicted octanol–water partition coefficient (Wildman–Crippen LogP) is 7.79. The third-order valence-corrected chi connectivity index (χ3v) is 13.3. The number of likely N-dealkylation sites (tertiary alicyclic amines) is 1. The molecule has 2 aliphatic carbocycles. The maximum absolute atomic E-state index is 13.5. The summed E-state index contributed by atoms with van der Waals surface area (Å²) >= 11 is 6.50. The number of nitriles is 1. The van der Waals surface area contributed by atoms with Gasteiger partial charge in [0.25, 0.3) is 5.91 Å². The number of rotatable bonds is 11. The molecule has 2 aliphatic heterocycles. The van der Waals surface area contributed by atoms with E-state index in [0.717, 1.165) is 87.7 Å². The van der Waals surface area contributed by atoms with E-state index in [4.69, 9.17) is 21.1 Å². The SMILES string of the molecule is C=S(NC(=O)c1ccc2c(c1)N(CC1CCC1[C@](/C=C/CC)(CN1CC(C)(C#N)C1)OC)C[C@@]1(CCCc3cc(Cl)ccc31)CO2)C(C)C. The summed E-state index contributed by atoms with van der Waals surface area (Å²) in [6, 6.07) is 14.8. The summed E-state index contributed by atoms with van der Waals surface area (Å²) in [5.41, 5.74) is 3.33. The van der Waals surface area contributed by atoms with Crippen molar-refractivity contribution >= 4 is 39.7 Å². The second kappa shape index (κ2) is 14.4. The fraction of sp³-hybridized carbons (Fsp3) is 0.575. The summed E-state index contributed by atoms with van der Waals surface area (Å²) in [5, 5.41) is 10.7. The number of amides is 1. The van der Waals surface area contributed by atoms with Gasteiger partial charge < -0.3 is 19.1 Å². The van der Waals surface area contributed by atoms with Gasteiger partial charge in [0.2, 0.25) is 0 Å². The highest BCUT2D eigenvalue weighted by Gasteiger charge is 2.51. The smallest absolute Gasteiger partial charge is 0.260 e. The summed E-state index contributed by atoms with van der Waals surface area (Å²) < 4.78 is 16.4. The Hall–Kier alpha value is -2.83. The Labute approximate surface area is 301 Å². The first-order valence-corrected chi connectivity index (χ1v) is 19.8. The van der Waals surface area contributed by atoms with Crippen LogP contribution in [0.15, 0.2) is 48.6 Å². The molecule has 4 aliphatic rings. The lowest BCUT2D eigenvalue weighted by Gasteiger charge is -2.54. The number of anilines is 1. The van der Waals surface area contributed by atoms with Gasteiger partial charge in [0.15, 0.2) is 0 Å². The Bertz CT molecular complexity index is 1650. The van der Waals surface area contributed by atoms with Gasteiger partial charge in [-0.25, -0.2) is 0 Å². The van der Waals surface area contributed by atoms with Gasteiger partial charge in [0.1, 0.15) is 11.4 Å². The molecule has 6 rings (SSSR count). The largest absolute Gasteiger partial charge is 0.490 e. The molecular weight excluding hydrogens is 652 g/mol. The van der Waals surface area contributed by atoms with Crippen molar-refractivity contribution in [2.75, 3.05) is 51.3 Å². The van der Waals surface area contributed by atoms with E-state index in [-0.39, 0.29) is 22.0 Å². The molecule has 3 unspecified atom stereocenters. The normalized spacial score (nSPS) is 26.4. The zero-order valence-corrected chi connectivity index (χ0v) is 31.5. The van der Waals surface area contributed by atoms with Crippen LogP contribution >= 0.6 is 22.3 Å². The molecule has 2 aromatic rings. The van der Waals surface area contributed by atoms with Crippen molar-refractivity contribution in [1.29, 1.82) is 5.26 Å². The van der Waals surface area contributed by atoms with E-state index in [0.29, 0.717) is 24.0 Å². The van der Waals surface area contributed by atoms with Crippen molar-refractivity contribution in [3.05, 3.63) is 70.3 Å². The lowest BCUT2D eigenvalue weighted by atomic mass is 9.63. The molecule has 2 fully saturated rings. The molecular formula is C40H53ClN4O3S. The van der Waals surface area contributed by atoms with Crippen molar-refractivity contribution in [3.63, 3.8) is 0 Å². The maximum Gasteiger partial charge on any atom is 0.260 e. The average Bonchev–Trinajstić information content (AvgIpc) is 3.21. The van der Waals surface area contributed by atoms with Gasteiger partial charge in [-0.3, -0.25) is 9.69 Å². The topological polar surface area (TPSA) is 77.8 Å². The van der Waals surface area contributed by atoms with Crippen LogP contribution in [0.4, 0.5) is 5.69 Å². The average molecular weight is 705 g/mol. The van der Waals surface area contributed by atoms with Crippen LogP contribution in [0.25, 0.3) is 0 Å². The third-order valence-electron chi connectivity index (χ3n) is 11.5. The van der Waals surface area contributed by atoms with E-state index in [9.17, 15) is 10.1 Å². The number of ether oxygens (including phenoxy) is 2. The number of nitrogens with one attached hydrogen (secondary N) is 1. The van der Waals surface area contributed by atoms with Crippen LogP contribution in [0.1, 0.15) is 81.3 Å². The van der Waals surface area contributed by atoms with Gasteiger partial charge in [-0.05, 0) is 98.7 Å². The number of fused-ring (bicyclic) bond motifs is 3. The fourth-order valence-electron chi connectivity index (χ4n) is 8.63. The van der Waals surface area contributed by atoms with Gasteiger partial charge in [-0.1, -0.05) is 67.1 Å². The summed E-state index contributed by atoms with van der Waals surface area (Å²) in [6.07, 6.45) is 10.8. The molecule has 5 atom stereocenters. The molecule has 1 saturated heterocycles. The molecule has 0 radical (unpaired) electrons. The van der Waals surface area contributed by atoms with Crippen molar-refractivity contribution < 1.29 is 14.3 Å². The number of halogens is 1. The Morgan fingerprint density at radius 2 is 2.06 bits per heavy atom. The Kier molecular flexibility index (Phi) is 10.6. The van der Waals surface area contributed by atoms with E-state index in [2.05, 4.69) is 71.5 Å². The number of hydrogen-bond donors (Lipinski definition) is 1. The number of carbonyl (C=O) groups excluding carboxylic acids is 1. The number of benzene rings is 2. The summed E-state index contributed by atoms with van der Waals surface area (Å²) in [7, 11) is 1.38. The first-order chi connectivity index (χ1) is 23.4. The predicted molar refractivity (Wildman–Crippen MR) is 203 cm³/mol. The number of aryl methyl sites for hydroxylation is 1. The number of hydrogen-bond acceptors (Lipinski definition) is 6. The molecule has 264 valence electrons. The van der Waals surface area contributed by atoms with Crippen LogP contribution in [0.3, 0.4) is 0 Å². The molecule has 1 saturated carbocycles. The minimum absolute atomic E-state index is 0.102. The maximum atomic E-state index is 13.5. The molecule has 1 spiro atoms. The van der Waals surface area contributed by atoms with Crippen LogP contribution in [-0.2, 0) is 16.6 Å². The van der Waals surface area contributed by atoms with Crippen LogP contribution in [0.2, 0.25) is 5.02 Å². The highest BCUT2D eigenvalue weighted by atomic mass is 35.5. The number of carbonyl (C=O) groups is 1. The number of methoxy groups -OCH3 is 1. The first kappa shape index (κ1) is 36.0. The minimum Gasteiger partial charge on any atom is -0.490 e. The highest BCUT2D eigenvalue weighted by Crippen LogP contribution is 2.49. The minimum atomic E-state index is -0.477. The zero-order chi connectivity index (χ0) is 35.0. The lowest BCUT2D eigenvalue weighted by Crippen LogP contribution is -2.62. The number of allylic oxidation sites excluding steroid dienone is 1. The molecule has 0 bridgehead atoms. The zero-order valence-electron chi connectivity index (χ0n) is 29.9. The van der Waals surface area contributed by atoms with Crippen LogP contribution in [0.5, 0.6) is 5.75 Å². The molecule has 2 heterocycles. The van der Waals surface area contributed by atoms with Gasteiger partial charge in [0, 0.05) is 61.1 Å². The molecule has 0 aromatic heterocycles. The molecule has 1 amide bonds. The second-order valence-electron chi connectivity index (χ2n) is 15.4. The van der Waals surface area contributed by atoms with E-state index in [1.807, 2.05) is 38.3 Å². The standard InChI is InChI=1S/C40H53ClN4O3S/c1-7-8-18-40(47-5,26-44-23-38(4,22-42)24-44)34-14-11-31(34)21-45-25-39(17-9-10-29-19-32(41)13-15-33(29)39)27-48-36-16-12-30(20-35(36)45)37(46)43-49(6)28(2)3/h8,12-13,15-16,18-20,28,31,34H,6-7,9-11,14,17,21,23-27H2,1-5H3,(H,43,46)/b18-8+/t31?,34?,39-,40-,49?/m0/s1.